The van der Waals surface area contributed by atoms with E-state index in [1.165, 1.54) is 12.8 Å². The van der Waals surface area contributed by atoms with Gasteiger partial charge in [-0.1, -0.05) is 55.3 Å². The van der Waals surface area contributed by atoms with Crippen LogP contribution in [-0.4, -0.2) is 36.1 Å². The van der Waals surface area contributed by atoms with Crippen molar-refractivity contribution in [2.45, 2.75) is 60.9 Å². The summed E-state index contributed by atoms with van der Waals surface area (Å²) in [7, 11) is -3.52. The van der Waals surface area contributed by atoms with Crippen LogP contribution < -0.4 is 0 Å². The van der Waals surface area contributed by atoms with Crippen molar-refractivity contribution in [1.29, 1.82) is 0 Å². The predicted molar refractivity (Wildman–Crippen MR) is 109 cm³/mol. The fraction of sp³-hybridized carbons (Fsp3) is 0.565. The molecular weight excluding hydrogens is 372 g/mol. The Morgan fingerprint density at radius 1 is 1.11 bits per heavy atom. The third-order valence-corrected chi connectivity index (χ3v) is 9.39. The van der Waals surface area contributed by atoms with E-state index < -0.39 is 27.3 Å². The van der Waals surface area contributed by atoms with Gasteiger partial charge in [-0.25, -0.2) is 8.42 Å². The third kappa shape index (κ3) is 3.49. The van der Waals surface area contributed by atoms with Gasteiger partial charge < -0.3 is 10.2 Å². The van der Waals surface area contributed by atoms with Gasteiger partial charge in [0, 0.05) is 5.92 Å². The molecule has 3 fully saturated rings. The van der Waals surface area contributed by atoms with E-state index in [1.54, 1.807) is 30.3 Å². The Labute approximate surface area is 167 Å². The maximum atomic E-state index is 13.2. The molecule has 1 unspecified atom stereocenters. The molecule has 6 atom stereocenters. The van der Waals surface area contributed by atoms with Gasteiger partial charge in [0.2, 0.25) is 0 Å². The Balaban J connectivity index is 1.54. The topological polar surface area (TPSA) is 74.6 Å². The lowest BCUT2D eigenvalue weighted by atomic mass is 9.89. The minimum Gasteiger partial charge on any atom is -0.392 e. The molecule has 3 saturated carbocycles. The van der Waals surface area contributed by atoms with E-state index in [2.05, 4.69) is 6.58 Å². The minimum atomic E-state index is -3.52. The lowest BCUT2D eigenvalue weighted by Crippen LogP contribution is -2.27. The van der Waals surface area contributed by atoms with Gasteiger partial charge in [-0.15, -0.1) is 0 Å². The highest BCUT2D eigenvalue weighted by atomic mass is 32.2. The monoisotopic (exact) mass is 402 g/mol. The fourth-order valence-electron chi connectivity index (χ4n) is 5.71. The van der Waals surface area contributed by atoms with Gasteiger partial charge in [-0.2, -0.15) is 0 Å². The number of aliphatic hydroxyl groups excluding tert-OH is 2. The summed E-state index contributed by atoms with van der Waals surface area (Å²) >= 11 is 0. The number of rotatable bonds is 5. The Morgan fingerprint density at radius 2 is 1.79 bits per heavy atom. The van der Waals surface area contributed by atoms with Gasteiger partial charge in [0.1, 0.15) is 0 Å². The lowest BCUT2D eigenvalue weighted by Gasteiger charge is -2.20. The summed E-state index contributed by atoms with van der Waals surface area (Å²) in [5, 5.41) is 20.5. The van der Waals surface area contributed by atoms with Gasteiger partial charge in [-0.05, 0) is 55.6 Å². The number of hydrogen-bond donors (Lipinski definition) is 2. The summed E-state index contributed by atoms with van der Waals surface area (Å²) in [6, 6.07) is 8.55. The van der Waals surface area contributed by atoms with Crippen LogP contribution in [0.15, 0.2) is 59.5 Å². The van der Waals surface area contributed by atoms with Crippen molar-refractivity contribution < 1.29 is 18.6 Å². The Morgan fingerprint density at radius 3 is 2.46 bits per heavy atom. The standard InChI is InChI=1S/C23H30O4S/c1-15-13-19-18(11-12-21(24)16-7-5-6-8-16)22(25)14-20(19)23(15)28(26,27)17-9-3-2-4-10-17/h2-4,9-12,16,18-25H,1,5-8,13-14H2/b12-11+/t18-,19-,20-,21+,22+,23?/m0/s1. The van der Waals surface area contributed by atoms with Crippen LogP contribution in [0.3, 0.4) is 0 Å². The van der Waals surface area contributed by atoms with Crippen molar-refractivity contribution in [3.63, 3.8) is 0 Å². The molecule has 5 heteroatoms. The van der Waals surface area contributed by atoms with Crippen molar-refractivity contribution in [2.24, 2.45) is 23.7 Å². The summed E-state index contributed by atoms with van der Waals surface area (Å²) in [5.41, 5.74) is 0.750. The van der Waals surface area contributed by atoms with Crippen molar-refractivity contribution in [1.82, 2.24) is 0 Å². The molecule has 0 aliphatic heterocycles. The van der Waals surface area contributed by atoms with Gasteiger partial charge in [-0.3, -0.25) is 0 Å². The average Bonchev–Trinajstić information content (AvgIpc) is 3.37. The molecule has 0 amide bonds. The van der Waals surface area contributed by atoms with Crippen LogP contribution in [0.2, 0.25) is 0 Å². The molecule has 3 aliphatic rings. The van der Waals surface area contributed by atoms with Crippen LogP contribution in [0.25, 0.3) is 0 Å². The first-order valence-corrected chi connectivity index (χ1v) is 12.0. The van der Waals surface area contributed by atoms with E-state index in [-0.39, 0.29) is 17.8 Å². The number of hydrogen-bond acceptors (Lipinski definition) is 4. The SMILES string of the molecule is C=C1C[C@H]2[C@H](/C=C/[C@@H](O)C3CCCC3)[C@H](O)C[C@@H]2C1S(=O)(=O)c1ccccc1. The molecule has 0 radical (unpaired) electrons. The Kier molecular flexibility index (Phi) is 5.51. The maximum absolute atomic E-state index is 13.2. The first-order valence-electron chi connectivity index (χ1n) is 10.4. The molecule has 3 aliphatic carbocycles. The summed E-state index contributed by atoms with van der Waals surface area (Å²) in [5.74, 6) is 0.146. The minimum absolute atomic E-state index is 0.0676. The fourth-order valence-corrected chi connectivity index (χ4v) is 7.85. The van der Waals surface area contributed by atoms with Crippen LogP contribution in [0, 0.1) is 23.7 Å². The zero-order valence-corrected chi connectivity index (χ0v) is 17.0. The Hall–Kier alpha value is -1.43. The zero-order chi connectivity index (χ0) is 19.9. The van der Waals surface area contributed by atoms with Crippen LogP contribution in [-0.2, 0) is 9.84 Å². The number of sulfone groups is 1. The first-order chi connectivity index (χ1) is 13.4. The molecule has 152 valence electrons. The van der Waals surface area contributed by atoms with E-state index in [0.29, 0.717) is 23.7 Å². The first kappa shape index (κ1) is 19.9. The summed E-state index contributed by atoms with van der Waals surface area (Å²) in [6.07, 6.45) is 8.29. The van der Waals surface area contributed by atoms with Crippen molar-refractivity contribution in [3.8, 4) is 0 Å². The molecule has 0 saturated heterocycles. The molecule has 0 heterocycles. The van der Waals surface area contributed by atoms with Crippen LogP contribution >= 0.6 is 0 Å². The Bertz CT molecular complexity index is 839. The molecule has 0 bridgehead atoms. The smallest absolute Gasteiger partial charge is 0.185 e. The lowest BCUT2D eigenvalue weighted by molar-refractivity contribution is 0.135. The van der Waals surface area contributed by atoms with Gasteiger partial charge >= 0.3 is 0 Å². The zero-order valence-electron chi connectivity index (χ0n) is 16.2. The maximum Gasteiger partial charge on any atom is 0.185 e. The van der Waals surface area contributed by atoms with Crippen molar-refractivity contribution in [3.05, 3.63) is 54.6 Å². The van der Waals surface area contributed by atoms with E-state index >= 15 is 0 Å². The van der Waals surface area contributed by atoms with E-state index in [9.17, 15) is 18.6 Å². The number of fused-ring (bicyclic) bond motifs is 1. The second kappa shape index (κ2) is 7.77. The highest BCUT2D eigenvalue weighted by molar-refractivity contribution is 7.92. The van der Waals surface area contributed by atoms with E-state index in [4.69, 9.17) is 0 Å². The molecule has 4 rings (SSSR count). The molecule has 0 aromatic heterocycles. The van der Waals surface area contributed by atoms with E-state index in [0.717, 1.165) is 18.4 Å². The predicted octanol–water partition coefficient (Wildman–Crippen LogP) is 3.51. The largest absolute Gasteiger partial charge is 0.392 e. The van der Waals surface area contributed by atoms with E-state index in [1.807, 2.05) is 12.2 Å². The van der Waals surface area contributed by atoms with Gasteiger partial charge in [0.25, 0.3) is 0 Å². The second-order valence-corrected chi connectivity index (χ2v) is 10.8. The third-order valence-electron chi connectivity index (χ3n) is 7.11. The molecule has 28 heavy (non-hydrogen) atoms. The molecular formula is C23H30O4S. The van der Waals surface area contributed by atoms with Crippen LogP contribution in [0.1, 0.15) is 38.5 Å². The molecule has 0 spiro atoms. The average molecular weight is 403 g/mol. The van der Waals surface area contributed by atoms with Gasteiger partial charge in [0.05, 0.1) is 22.4 Å². The van der Waals surface area contributed by atoms with Gasteiger partial charge in [0.15, 0.2) is 9.84 Å². The number of benzene rings is 1. The molecule has 2 N–H and O–H groups in total. The molecule has 4 nitrogen and oxygen atoms in total. The normalized spacial score (nSPS) is 34.9. The second-order valence-electron chi connectivity index (χ2n) is 8.77. The van der Waals surface area contributed by atoms with Crippen molar-refractivity contribution in [2.75, 3.05) is 0 Å². The summed E-state index contributed by atoms with van der Waals surface area (Å²) < 4.78 is 26.5. The summed E-state index contributed by atoms with van der Waals surface area (Å²) in [4.78, 5) is 0.326. The molecule has 1 aromatic rings. The quantitative estimate of drug-likeness (QED) is 0.739. The highest BCUT2D eigenvalue weighted by Crippen LogP contribution is 2.53. The van der Waals surface area contributed by atoms with Crippen LogP contribution in [0.4, 0.5) is 0 Å². The summed E-state index contributed by atoms with van der Waals surface area (Å²) in [6.45, 7) is 4.09. The number of aliphatic hydroxyl groups is 2. The highest BCUT2D eigenvalue weighted by Gasteiger charge is 2.54. The molecule has 1 aromatic carbocycles. The van der Waals surface area contributed by atoms with Crippen molar-refractivity contribution >= 4 is 9.84 Å². The van der Waals surface area contributed by atoms with Crippen LogP contribution in [0.5, 0.6) is 0 Å².